The summed E-state index contributed by atoms with van der Waals surface area (Å²) in [5.74, 6) is 0. The van der Waals surface area contributed by atoms with Crippen LogP contribution in [0.3, 0.4) is 0 Å². The van der Waals surface area contributed by atoms with Crippen molar-refractivity contribution in [3.05, 3.63) is 35.9 Å². The molecule has 1 N–H and O–H groups in total. The van der Waals surface area contributed by atoms with Gasteiger partial charge in [-0.15, -0.1) is 0 Å². The maximum atomic E-state index is 11.7. The first-order valence-electron chi connectivity index (χ1n) is 5.99. The van der Waals surface area contributed by atoms with E-state index in [0.29, 0.717) is 6.61 Å². The van der Waals surface area contributed by atoms with Gasteiger partial charge in [-0.2, -0.15) is 0 Å². The molecule has 2 fully saturated rings. The zero-order valence-corrected chi connectivity index (χ0v) is 9.69. The molecule has 2 heterocycles. The van der Waals surface area contributed by atoms with Crippen molar-refractivity contribution in [2.24, 2.45) is 0 Å². The quantitative estimate of drug-likeness (QED) is 0.828. The van der Waals surface area contributed by atoms with Crippen molar-refractivity contribution >= 4 is 6.09 Å². The number of nitrogens with one attached hydrogen (secondary N) is 1. The van der Waals surface area contributed by atoms with Crippen LogP contribution in [0.15, 0.2) is 30.3 Å². The minimum Gasteiger partial charge on any atom is -0.447 e. The van der Waals surface area contributed by atoms with Gasteiger partial charge in [0, 0.05) is 26.1 Å². The predicted molar refractivity (Wildman–Crippen MR) is 63.8 cm³/mol. The summed E-state index contributed by atoms with van der Waals surface area (Å²) in [5, 5.41) is 3.36. The maximum absolute atomic E-state index is 11.7. The van der Waals surface area contributed by atoms with Crippen LogP contribution in [0.4, 0.5) is 4.79 Å². The van der Waals surface area contributed by atoms with E-state index >= 15 is 0 Å². The molecule has 3 rings (SSSR count). The SMILES string of the molecule is O=C1OCC2(Cc3ccccc3)CNCCN12. The second-order valence-electron chi connectivity index (χ2n) is 4.77. The van der Waals surface area contributed by atoms with Crippen molar-refractivity contribution in [1.29, 1.82) is 0 Å². The van der Waals surface area contributed by atoms with Crippen molar-refractivity contribution in [2.45, 2.75) is 12.0 Å². The first kappa shape index (κ1) is 10.6. The second-order valence-corrected chi connectivity index (χ2v) is 4.77. The molecule has 1 unspecified atom stereocenters. The van der Waals surface area contributed by atoms with Gasteiger partial charge in [0.05, 0.1) is 5.54 Å². The summed E-state index contributed by atoms with van der Waals surface area (Å²) in [4.78, 5) is 13.6. The van der Waals surface area contributed by atoms with Gasteiger partial charge in [0.1, 0.15) is 6.61 Å². The van der Waals surface area contributed by atoms with Crippen molar-refractivity contribution in [3.8, 4) is 0 Å². The van der Waals surface area contributed by atoms with E-state index in [1.54, 1.807) is 0 Å². The third-order valence-electron chi connectivity index (χ3n) is 3.60. The number of benzene rings is 1. The van der Waals surface area contributed by atoms with Crippen molar-refractivity contribution in [1.82, 2.24) is 10.2 Å². The molecule has 4 nitrogen and oxygen atoms in total. The molecule has 1 aromatic rings. The lowest BCUT2D eigenvalue weighted by molar-refractivity contribution is 0.129. The Labute approximate surface area is 101 Å². The van der Waals surface area contributed by atoms with Crippen LogP contribution in [0, 0.1) is 0 Å². The summed E-state index contributed by atoms with van der Waals surface area (Å²) in [6.45, 7) is 2.90. The zero-order chi connectivity index (χ0) is 11.7. The van der Waals surface area contributed by atoms with E-state index in [1.165, 1.54) is 5.56 Å². The van der Waals surface area contributed by atoms with Gasteiger partial charge in [-0.1, -0.05) is 30.3 Å². The highest BCUT2D eigenvalue weighted by Crippen LogP contribution is 2.29. The molecule has 0 spiro atoms. The first-order chi connectivity index (χ1) is 8.30. The smallest absolute Gasteiger partial charge is 0.410 e. The Kier molecular flexibility index (Phi) is 2.52. The van der Waals surface area contributed by atoms with Crippen LogP contribution >= 0.6 is 0 Å². The maximum Gasteiger partial charge on any atom is 0.410 e. The van der Waals surface area contributed by atoms with Gasteiger partial charge in [-0.3, -0.25) is 4.90 Å². The fourth-order valence-electron chi connectivity index (χ4n) is 2.72. The first-order valence-corrected chi connectivity index (χ1v) is 5.99. The number of ether oxygens (including phenoxy) is 1. The Balaban J connectivity index is 1.86. The number of carbonyl (C=O) groups is 1. The molecule has 2 saturated heterocycles. The number of rotatable bonds is 2. The van der Waals surface area contributed by atoms with Crippen molar-refractivity contribution < 1.29 is 9.53 Å². The van der Waals surface area contributed by atoms with Crippen LogP contribution in [0.5, 0.6) is 0 Å². The molecule has 2 aliphatic rings. The highest BCUT2D eigenvalue weighted by atomic mass is 16.6. The standard InChI is InChI=1S/C13H16N2O2/c16-12-15-7-6-14-9-13(15,10-17-12)8-11-4-2-1-3-5-11/h1-5,14H,6-10H2. The molecule has 2 aliphatic heterocycles. The topological polar surface area (TPSA) is 41.6 Å². The molecule has 1 aromatic carbocycles. The number of cyclic esters (lactones) is 1. The molecule has 90 valence electrons. The summed E-state index contributed by atoms with van der Waals surface area (Å²) in [7, 11) is 0. The molecule has 17 heavy (non-hydrogen) atoms. The average Bonchev–Trinajstić information content (AvgIpc) is 2.69. The van der Waals surface area contributed by atoms with Crippen LogP contribution in [-0.2, 0) is 11.2 Å². The Bertz CT molecular complexity index is 421. The molecule has 4 heteroatoms. The number of hydrogen-bond acceptors (Lipinski definition) is 3. The highest BCUT2D eigenvalue weighted by molar-refractivity contribution is 5.71. The van der Waals surface area contributed by atoms with Gasteiger partial charge in [0.2, 0.25) is 0 Å². The van der Waals surface area contributed by atoms with Crippen molar-refractivity contribution in [3.63, 3.8) is 0 Å². The van der Waals surface area contributed by atoms with Crippen molar-refractivity contribution in [2.75, 3.05) is 26.2 Å². The largest absolute Gasteiger partial charge is 0.447 e. The molecular formula is C13H16N2O2. The normalized spacial score (nSPS) is 27.8. The van der Waals surface area contributed by atoms with E-state index in [2.05, 4.69) is 17.4 Å². The number of hydrogen-bond donors (Lipinski definition) is 1. The molecule has 0 bridgehead atoms. The van der Waals surface area contributed by atoms with Crippen LogP contribution in [0.25, 0.3) is 0 Å². The summed E-state index contributed by atoms with van der Waals surface area (Å²) in [5.41, 5.74) is 1.07. The third-order valence-corrected chi connectivity index (χ3v) is 3.60. The summed E-state index contributed by atoms with van der Waals surface area (Å²) in [6, 6.07) is 10.3. The lowest BCUT2D eigenvalue weighted by Crippen LogP contribution is -2.61. The zero-order valence-electron chi connectivity index (χ0n) is 9.69. The summed E-state index contributed by atoms with van der Waals surface area (Å²) >= 11 is 0. The lowest BCUT2D eigenvalue weighted by atomic mass is 9.89. The third kappa shape index (κ3) is 1.78. The van der Waals surface area contributed by atoms with Gasteiger partial charge in [-0.25, -0.2) is 4.79 Å². The van der Waals surface area contributed by atoms with Gasteiger partial charge in [-0.05, 0) is 5.56 Å². The fourth-order valence-corrected chi connectivity index (χ4v) is 2.72. The summed E-state index contributed by atoms with van der Waals surface area (Å²) in [6.07, 6.45) is 0.689. The molecule has 0 aliphatic carbocycles. The Morgan fingerprint density at radius 1 is 1.35 bits per heavy atom. The van der Waals surface area contributed by atoms with Crippen LogP contribution < -0.4 is 5.32 Å². The minimum absolute atomic E-state index is 0.164. The van der Waals surface area contributed by atoms with Crippen LogP contribution in [0.2, 0.25) is 0 Å². The molecule has 0 radical (unpaired) electrons. The van der Waals surface area contributed by atoms with E-state index in [4.69, 9.17) is 4.74 Å². The molecular weight excluding hydrogens is 216 g/mol. The Morgan fingerprint density at radius 3 is 3.00 bits per heavy atom. The highest BCUT2D eigenvalue weighted by Gasteiger charge is 2.48. The van der Waals surface area contributed by atoms with Gasteiger partial charge in [0.15, 0.2) is 0 Å². The molecule has 0 saturated carbocycles. The van der Waals surface area contributed by atoms with Crippen LogP contribution in [-0.4, -0.2) is 42.8 Å². The number of piperazine rings is 1. The van der Waals surface area contributed by atoms with E-state index < -0.39 is 0 Å². The Hall–Kier alpha value is -1.55. The Morgan fingerprint density at radius 2 is 2.18 bits per heavy atom. The molecule has 0 aromatic heterocycles. The predicted octanol–water partition coefficient (Wildman–Crippen LogP) is 1.02. The van der Waals surface area contributed by atoms with E-state index in [0.717, 1.165) is 26.1 Å². The average molecular weight is 232 g/mol. The number of fused-ring (bicyclic) bond motifs is 1. The van der Waals surface area contributed by atoms with Crippen LogP contribution in [0.1, 0.15) is 5.56 Å². The molecule has 1 amide bonds. The van der Waals surface area contributed by atoms with E-state index in [9.17, 15) is 4.79 Å². The van der Waals surface area contributed by atoms with E-state index in [-0.39, 0.29) is 11.6 Å². The fraction of sp³-hybridized carbons (Fsp3) is 0.462. The minimum atomic E-state index is -0.184. The second kappa shape index (κ2) is 4.04. The number of amides is 1. The van der Waals surface area contributed by atoms with Gasteiger partial charge in [0.25, 0.3) is 0 Å². The van der Waals surface area contributed by atoms with Gasteiger partial charge < -0.3 is 10.1 Å². The summed E-state index contributed by atoms with van der Waals surface area (Å²) < 4.78 is 5.22. The lowest BCUT2D eigenvalue weighted by Gasteiger charge is -2.39. The number of carbonyl (C=O) groups excluding carboxylic acids is 1. The van der Waals surface area contributed by atoms with E-state index in [1.807, 2.05) is 23.1 Å². The number of nitrogens with zero attached hydrogens (tertiary/aromatic N) is 1. The molecule has 1 atom stereocenters. The van der Waals surface area contributed by atoms with Gasteiger partial charge >= 0.3 is 6.09 Å². The monoisotopic (exact) mass is 232 g/mol.